The number of benzene rings is 1. The molecule has 1 aliphatic heterocycles. The van der Waals surface area contributed by atoms with Crippen molar-refractivity contribution >= 4 is 22.7 Å². The largest absolute Gasteiger partial charge is 0.444 e. The van der Waals surface area contributed by atoms with Crippen LogP contribution < -0.4 is 10.6 Å². The summed E-state index contributed by atoms with van der Waals surface area (Å²) in [7, 11) is 1.84. The van der Waals surface area contributed by atoms with Crippen LogP contribution in [0.15, 0.2) is 28.8 Å². The van der Waals surface area contributed by atoms with Gasteiger partial charge >= 0.3 is 12.3 Å². The van der Waals surface area contributed by atoms with Crippen molar-refractivity contribution in [1.82, 2.24) is 24.9 Å². The van der Waals surface area contributed by atoms with Crippen LogP contribution in [0.4, 0.5) is 28.0 Å². The number of halogens is 4. The fourth-order valence-electron chi connectivity index (χ4n) is 4.26. The second-order valence-electron chi connectivity index (χ2n) is 10.2. The van der Waals surface area contributed by atoms with Gasteiger partial charge in [0.1, 0.15) is 24.9 Å². The van der Waals surface area contributed by atoms with Crippen molar-refractivity contribution in [2.24, 2.45) is 0 Å². The second-order valence-corrected chi connectivity index (χ2v) is 10.2. The van der Waals surface area contributed by atoms with E-state index in [1.165, 1.54) is 6.07 Å². The highest BCUT2D eigenvalue weighted by molar-refractivity contribution is 5.96. The lowest BCUT2D eigenvalue weighted by Crippen LogP contribution is -2.46. The highest BCUT2D eigenvalue weighted by Gasteiger charge is 2.32. The molecule has 0 spiro atoms. The molecule has 2 N–H and O–H groups in total. The zero-order valence-electron chi connectivity index (χ0n) is 21.0. The molecular weight excluding hydrogens is 496 g/mol. The van der Waals surface area contributed by atoms with Crippen LogP contribution in [0.5, 0.6) is 0 Å². The number of likely N-dealkylation sites (tertiary alicyclic amines) is 1. The summed E-state index contributed by atoms with van der Waals surface area (Å²) in [6.45, 7) is 4.66. The Hall–Kier alpha value is -3.35. The van der Waals surface area contributed by atoms with Crippen LogP contribution in [-0.2, 0) is 17.8 Å². The second kappa shape index (κ2) is 10.2. The number of hydrogen-bond acceptors (Lipinski definition) is 7. The molecule has 37 heavy (non-hydrogen) atoms. The molecule has 9 nitrogen and oxygen atoms in total. The molecule has 1 aromatic carbocycles. The average Bonchev–Trinajstić information content (AvgIpc) is 3.37. The Bertz CT molecular complexity index is 1250. The number of nitrogens with zero attached hydrogens (tertiary/aromatic N) is 4. The van der Waals surface area contributed by atoms with Gasteiger partial charge in [-0.05, 0) is 52.4 Å². The Balaban J connectivity index is 1.63. The fourth-order valence-corrected chi connectivity index (χ4v) is 4.26. The highest BCUT2D eigenvalue weighted by atomic mass is 19.4. The van der Waals surface area contributed by atoms with E-state index < -0.39 is 36.6 Å². The van der Waals surface area contributed by atoms with Gasteiger partial charge in [-0.25, -0.2) is 9.18 Å². The van der Waals surface area contributed by atoms with Crippen molar-refractivity contribution in [3.63, 3.8) is 0 Å². The summed E-state index contributed by atoms with van der Waals surface area (Å²) in [6.07, 6.45) is -5.78. The fraction of sp³-hybridized carbons (Fsp3) is 0.542. The van der Waals surface area contributed by atoms with Gasteiger partial charge in [-0.3, -0.25) is 0 Å². The number of ether oxygens (including phenoxy) is 1. The minimum absolute atomic E-state index is 0.00498. The van der Waals surface area contributed by atoms with Gasteiger partial charge in [0.2, 0.25) is 11.7 Å². The first-order valence-corrected chi connectivity index (χ1v) is 11.9. The van der Waals surface area contributed by atoms with E-state index in [4.69, 9.17) is 9.26 Å². The van der Waals surface area contributed by atoms with E-state index in [1.807, 2.05) is 11.9 Å². The first kappa shape index (κ1) is 26.7. The van der Waals surface area contributed by atoms with Gasteiger partial charge in [0.05, 0.1) is 17.3 Å². The van der Waals surface area contributed by atoms with Crippen LogP contribution in [-0.4, -0.2) is 69.8 Å². The van der Waals surface area contributed by atoms with Gasteiger partial charge < -0.3 is 29.4 Å². The van der Waals surface area contributed by atoms with Crippen LogP contribution in [0.3, 0.4) is 0 Å². The Labute approximate surface area is 211 Å². The summed E-state index contributed by atoms with van der Waals surface area (Å²) in [4.78, 5) is 18.0. The zero-order chi connectivity index (χ0) is 27.0. The van der Waals surface area contributed by atoms with E-state index in [1.54, 1.807) is 39.0 Å². The number of hydrogen-bond donors (Lipinski definition) is 2. The van der Waals surface area contributed by atoms with Crippen molar-refractivity contribution in [2.45, 2.75) is 64.3 Å². The number of piperidine rings is 1. The molecule has 2 aromatic heterocycles. The van der Waals surface area contributed by atoms with E-state index in [-0.39, 0.29) is 30.5 Å². The molecule has 1 fully saturated rings. The number of alkyl carbamates (subject to hydrolysis) is 1. The average molecular weight is 527 g/mol. The number of nitrogens with one attached hydrogen (secondary N) is 2. The quantitative estimate of drug-likeness (QED) is 0.448. The van der Waals surface area contributed by atoms with E-state index in [9.17, 15) is 22.4 Å². The van der Waals surface area contributed by atoms with E-state index >= 15 is 0 Å². The van der Waals surface area contributed by atoms with Crippen molar-refractivity contribution in [2.75, 3.05) is 25.5 Å². The molecule has 0 aliphatic carbocycles. The Morgan fingerprint density at radius 2 is 2.03 bits per heavy atom. The Morgan fingerprint density at radius 3 is 2.70 bits per heavy atom. The number of fused-ring (bicyclic) bond motifs is 1. The molecule has 2 atom stereocenters. The van der Waals surface area contributed by atoms with Crippen LogP contribution in [0.2, 0.25) is 0 Å². The minimum Gasteiger partial charge on any atom is -0.444 e. The maximum Gasteiger partial charge on any atom is 0.408 e. The molecule has 1 aliphatic rings. The first-order valence-electron chi connectivity index (χ1n) is 11.9. The maximum absolute atomic E-state index is 14.6. The summed E-state index contributed by atoms with van der Waals surface area (Å²) in [5, 5.41) is 9.97. The van der Waals surface area contributed by atoms with Crippen LogP contribution >= 0.6 is 0 Å². The summed E-state index contributed by atoms with van der Waals surface area (Å²) >= 11 is 0. The zero-order valence-corrected chi connectivity index (χ0v) is 21.0. The monoisotopic (exact) mass is 526 g/mol. The van der Waals surface area contributed by atoms with E-state index in [2.05, 4.69) is 20.8 Å². The van der Waals surface area contributed by atoms with Gasteiger partial charge in [-0.15, -0.1) is 0 Å². The van der Waals surface area contributed by atoms with Gasteiger partial charge in [-0.1, -0.05) is 11.2 Å². The molecule has 3 aromatic rings. The molecule has 3 heterocycles. The molecule has 1 amide bonds. The molecule has 13 heteroatoms. The molecule has 202 valence electrons. The predicted molar refractivity (Wildman–Crippen MR) is 129 cm³/mol. The topological polar surface area (TPSA) is 97.5 Å². The molecule has 0 radical (unpaired) electrons. The molecular formula is C24H30F4N6O3. The number of anilines is 1. The smallest absolute Gasteiger partial charge is 0.408 e. The van der Waals surface area contributed by atoms with Crippen molar-refractivity contribution < 1.29 is 31.6 Å². The summed E-state index contributed by atoms with van der Waals surface area (Å²) in [5.41, 5.74) is 0.185. The van der Waals surface area contributed by atoms with Gasteiger partial charge in [0.15, 0.2) is 0 Å². The number of rotatable bonds is 6. The van der Waals surface area contributed by atoms with Crippen LogP contribution in [0.25, 0.3) is 22.4 Å². The SMILES string of the molecule is CN1CC[C@@H](Nc2cccc3c2cc(-c2noc(CNC(=O)OC(C)(C)C)n2)n3CC(F)(F)F)[C@@H](F)C1. The van der Waals surface area contributed by atoms with Gasteiger partial charge in [0, 0.05) is 24.2 Å². The third-order valence-corrected chi connectivity index (χ3v) is 5.85. The molecule has 0 saturated carbocycles. The third kappa shape index (κ3) is 6.70. The van der Waals surface area contributed by atoms with E-state index in [0.717, 1.165) is 4.57 Å². The molecule has 0 unspecified atom stereocenters. The predicted octanol–water partition coefficient (Wildman–Crippen LogP) is 4.73. The molecule has 0 bridgehead atoms. The van der Waals surface area contributed by atoms with Gasteiger partial charge in [0.25, 0.3) is 0 Å². The summed E-state index contributed by atoms with van der Waals surface area (Å²) < 4.78 is 66.6. The van der Waals surface area contributed by atoms with Crippen molar-refractivity contribution in [3.05, 3.63) is 30.2 Å². The van der Waals surface area contributed by atoms with Crippen molar-refractivity contribution in [1.29, 1.82) is 0 Å². The number of carbonyl (C=O) groups excluding carboxylic acids is 1. The third-order valence-electron chi connectivity index (χ3n) is 5.85. The summed E-state index contributed by atoms with van der Waals surface area (Å²) in [6, 6.07) is 5.95. The number of carbonyl (C=O) groups is 1. The minimum atomic E-state index is -4.52. The number of amides is 1. The Kier molecular flexibility index (Phi) is 7.36. The highest BCUT2D eigenvalue weighted by Crippen LogP contribution is 2.35. The van der Waals surface area contributed by atoms with Crippen LogP contribution in [0.1, 0.15) is 33.1 Å². The maximum atomic E-state index is 14.6. The first-order chi connectivity index (χ1) is 17.3. The Morgan fingerprint density at radius 1 is 1.27 bits per heavy atom. The molecule has 1 saturated heterocycles. The van der Waals surface area contributed by atoms with Crippen LogP contribution in [0, 0.1) is 0 Å². The molecule has 4 rings (SSSR count). The van der Waals surface area contributed by atoms with Gasteiger partial charge in [-0.2, -0.15) is 18.2 Å². The normalized spacial score (nSPS) is 19.2. The standard InChI is InChI=1S/C24H30F4N6O3/c1-23(2,3)36-22(35)29-11-20-31-21(32-37-20)19-10-14-16(30-17-8-9-33(4)12-15(17)25)6-5-7-18(14)34(19)13-24(26,27)28/h5-7,10,15,17,30H,8-9,11-13H2,1-4H3,(H,29,35)/t15-,17+/m0/s1. The number of alkyl halides is 4. The summed E-state index contributed by atoms with van der Waals surface area (Å²) in [5.74, 6) is -0.0790. The lowest BCUT2D eigenvalue weighted by atomic mass is 10.0. The van der Waals surface area contributed by atoms with Crippen molar-refractivity contribution in [3.8, 4) is 11.5 Å². The number of aromatic nitrogens is 3. The lowest BCUT2D eigenvalue weighted by molar-refractivity contribution is -0.139. The van der Waals surface area contributed by atoms with E-state index in [0.29, 0.717) is 29.6 Å². The lowest BCUT2D eigenvalue weighted by Gasteiger charge is -2.33.